The number of halogens is 1. The Morgan fingerprint density at radius 3 is 2.32 bits per heavy atom. The maximum absolute atomic E-state index is 9.51. The molecule has 100 valence electrons. The Balaban J connectivity index is 2.25. The van der Waals surface area contributed by atoms with Crippen LogP contribution in [0.5, 0.6) is 11.5 Å². The summed E-state index contributed by atoms with van der Waals surface area (Å²) in [6, 6.07) is 10.6. The molecule has 4 heteroatoms. The van der Waals surface area contributed by atoms with Gasteiger partial charge in [-0.3, -0.25) is 0 Å². The lowest BCUT2D eigenvalue weighted by atomic mass is 10.1. The maximum atomic E-state index is 9.51. The van der Waals surface area contributed by atoms with Crippen molar-refractivity contribution in [2.75, 3.05) is 5.32 Å². The average molecular weight is 322 g/mol. The number of hydrogen-bond acceptors (Lipinski definition) is 3. The summed E-state index contributed by atoms with van der Waals surface area (Å²) in [4.78, 5) is 0. The van der Waals surface area contributed by atoms with Crippen molar-refractivity contribution in [3.63, 3.8) is 0 Å². The highest BCUT2D eigenvalue weighted by Crippen LogP contribution is 2.30. The monoisotopic (exact) mass is 321 g/mol. The van der Waals surface area contributed by atoms with Gasteiger partial charge in [-0.1, -0.05) is 6.07 Å². The molecule has 3 N–H and O–H groups in total. The number of rotatable bonds is 3. The van der Waals surface area contributed by atoms with E-state index >= 15 is 0 Å². The molecule has 0 aliphatic rings. The van der Waals surface area contributed by atoms with Gasteiger partial charge in [0.15, 0.2) is 0 Å². The van der Waals surface area contributed by atoms with E-state index in [1.807, 2.05) is 32.0 Å². The molecule has 0 amide bonds. The first-order valence-electron chi connectivity index (χ1n) is 6.01. The van der Waals surface area contributed by atoms with Crippen molar-refractivity contribution in [1.29, 1.82) is 0 Å². The Kier molecular flexibility index (Phi) is 4.00. The summed E-state index contributed by atoms with van der Waals surface area (Å²) in [7, 11) is 0. The molecule has 0 radical (unpaired) electrons. The number of anilines is 1. The van der Waals surface area contributed by atoms with Crippen molar-refractivity contribution < 1.29 is 10.2 Å². The first-order chi connectivity index (χ1) is 8.95. The van der Waals surface area contributed by atoms with Crippen molar-refractivity contribution >= 4 is 21.6 Å². The van der Waals surface area contributed by atoms with Gasteiger partial charge in [0.2, 0.25) is 0 Å². The Labute approximate surface area is 121 Å². The van der Waals surface area contributed by atoms with Gasteiger partial charge in [0.1, 0.15) is 11.5 Å². The van der Waals surface area contributed by atoms with E-state index in [1.54, 1.807) is 12.1 Å². The van der Waals surface area contributed by atoms with Gasteiger partial charge in [0, 0.05) is 22.3 Å². The number of benzene rings is 2. The van der Waals surface area contributed by atoms with Crippen molar-refractivity contribution in [1.82, 2.24) is 0 Å². The van der Waals surface area contributed by atoms with E-state index in [0.29, 0.717) is 0 Å². The van der Waals surface area contributed by atoms with Crippen molar-refractivity contribution in [3.8, 4) is 11.5 Å². The van der Waals surface area contributed by atoms with Gasteiger partial charge in [-0.05, 0) is 65.2 Å². The van der Waals surface area contributed by atoms with E-state index in [9.17, 15) is 10.2 Å². The Morgan fingerprint density at radius 2 is 1.68 bits per heavy atom. The summed E-state index contributed by atoms with van der Waals surface area (Å²) in [5, 5.41) is 22.4. The lowest BCUT2D eigenvalue weighted by molar-refractivity contribution is 0.448. The molecule has 0 saturated carbocycles. The van der Waals surface area contributed by atoms with Crippen molar-refractivity contribution in [2.45, 2.75) is 19.9 Å². The second kappa shape index (κ2) is 5.53. The normalized spacial score (nSPS) is 12.2. The zero-order valence-electron chi connectivity index (χ0n) is 10.8. The number of phenols is 2. The van der Waals surface area contributed by atoms with Crippen LogP contribution in [0.4, 0.5) is 5.69 Å². The number of phenolic OH excluding ortho intramolecular Hbond substituents is 2. The molecule has 0 heterocycles. The van der Waals surface area contributed by atoms with E-state index in [-0.39, 0.29) is 17.5 Å². The molecule has 1 unspecified atom stereocenters. The zero-order valence-corrected chi connectivity index (χ0v) is 12.4. The van der Waals surface area contributed by atoms with Crippen molar-refractivity contribution in [3.05, 3.63) is 52.0 Å². The smallest absolute Gasteiger partial charge is 0.119 e. The average Bonchev–Trinajstić information content (AvgIpc) is 2.32. The number of hydrogen-bond donors (Lipinski definition) is 3. The van der Waals surface area contributed by atoms with Crippen LogP contribution in [0.2, 0.25) is 0 Å². The second-order valence-corrected chi connectivity index (χ2v) is 5.49. The molecule has 0 saturated heterocycles. The minimum atomic E-state index is -0.0314. The predicted molar refractivity (Wildman–Crippen MR) is 80.7 cm³/mol. The number of aromatic hydroxyl groups is 2. The standard InChI is InChI=1S/C15H16BrNO2/c1-9-3-4-14(16)15(5-9)17-10(2)11-6-12(18)8-13(19)7-11/h3-8,10,17-19H,1-2H3. The SMILES string of the molecule is Cc1ccc(Br)c(NC(C)c2cc(O)cc(O)c2)c1. The first kappa shape index (κ1) is 13.7. The molecule has 0 fully saturated rings. The lowest BCUT2D eigenvalue weighted by Gasteiger charge is -2.18. The second-order valence-electron chi connectivity index (χ2n) is 4.63. The van der Waals surface area contributed by atoms with Crippen LogP contribution in [0, 0.1) is 6.92 Å². The predicted octanol–water partition coefficient (Wildman–Crippen LogP) is 4.34. The summed E-state index contributed by atoms with van der Waals surface area (Å²) in [6.45, 7) is 4.01. The summed E-state index contributed by atoms with van der Waals surface area (Å²) in [5.74, 6) is 0.124. The van der Waals surface area contributed by atoms with Crippen LogP contribution in [0.3, 0.4) is 0 Å². The van der Waals surface area contributed by atoms with E-state index < -0.39 is 0 Å². The van der Waals surface area contributed by atoms with Crippen LogP contribution >= 0.6 is 15.9 Å². The minimum Gasteiger partial charge on any atom is -0.508 e. The minimum absolute atomic E-state index is 0.0314. The molecular weight excluding hydrogens is 306 g/mol. The van der Waals surface area contributed by atoms with E-state index in [2.05, 4.69) is 21.2 Å². The van der Waals surface area contributed by atoms with E-state index in [0.717, 1.165) is 21.3 Å². The molecule has 2 aromatic carbocycles. The van der Waals surface area contributed by atoms with Gasteiger partial charge in [0.25, 0.3) is 0 Å². The molecule has 0 spiro atoms. The molecule has 0 aliphatic carbocycles. The largest absolute Gasteiger partial charge is 0.508 e. The first-order valence-corrected chi connectivity index (χ1v) is 6.80. The topological polar surface area (TPSA) is 52.5 Å². The Bertz CT molecular complexity index is 578. The third-order valence-corrected chi connectivity index (χ3v) is 3.61. The third-order valence-electron chi connectivity index (χ3n) is 2.92. The van der Waals surface area contributed by atoms with Gasteiger partial charge in [-0.2, -0.15) is 0 Å². The third kappa shape index (κ3) is 3.41. The highest BCUT2D eigenvalue weighted by Gasteiger charge is 2.10. The highest BCUT2D eigenvalue weighted by molar-refractivity contribution is 9.10. The van der Waals surface area contributed by atoms with Gasteiger partial charge < -0.3 is 15.5 Å². The van der Waals surface area contributed by atoms with Crippen LogP contribution in [0.25, 0.3) is 0 Å². The Morgan fingerprint density at radius 1 is 1.05 bits per heavy atom. The zero-order chi connectivity index (χ0) is 14.0. The van der Waals surface area contributed by atoms with Crippen LogP contribution in [0.1, 0.15) is 24.1 Å². The van der Waals surface area contributed by atoms with Crippen LogP contribution in [-0.4, -0.2) is 10.2 Å². The summed E-state index contributed by atoms with van der Waals surface area (Å²) >= 11 is 3.50. The van der Waals surface area contributed by atoms with Gasteiger partial charge in [-0.25, -0.2) is 0 Å². The summed E-state index contributed by atoms with van der Waals surface area (Å²) in [5.41, 5.74) is 2.97. The molecule has 0 aromatic heterocycles. The molecular formula is C15H16BrNO2. The molecule has 1 atom stereocenters. The van der Waals surface area contributed by atoms with E-state index in [4.69, 9.17) is 0 Å². The fourth-order valence-electron chi connectivity index (χ4n) is 1.93. The lowest BCUT2D eigenvalue weighted by Crippen LogP contribution is -2.07. The number of aryl methyl sites for hydroxylation is 1. The van der Waals surface area contributed by atoms with Crippen LogP contribution < -0.4 is 5.32 Å². The molecule has 0 aliphatic heterocycles. The fraction of sp³-hybridized carbons (Fsp3) is 0.200. The summed E-state index contributed by atoms with van der Waals surface area (Å²) < 4.78 is 0.981. The van der Waals surface area contributed by atoms with Gasteiger partial charge >= 0.3 is 0 Å². The fourth-order valence-corrected chi connectivity index (χ4v) is 2.30. The van der Waals surface area contributed by atoms with Crippen molar-refractivity contribution in [2.24, 2.45) is 0 Å². The Hall–Kier alpha value is -1.68. The highest BCUT2D eigenvalue weighted by atomic mass is 79.9. The molecule has 2 aromatic rings. The van der Waals surface area contributed by atoms with Crippen LogP contribution in [-0.2, 0) is 0 Å². The van der Waals surface area contributed by atoms with E-state index in [1.165, 1.54) is 6.07 Å². The molecule has 3 nitrogen and oxygen atoms in total. The van der Waals surface area contributed by atoms with Crippen LogP contribution in [0.15, 0.2) is 40.9 Å². The molecule has 0 bridgehead atoms. The van der Waals surface area contributed by atoms with Gasteiger partial charge in [0.05, 0.1) is 0 Å². The maximum Gasteiger partial charge on any atom is 0.119 e. The number of nitrogens with one attached hydrogen (secondary N) is 1. The van der Waals surface area contributed by atoms with Gasteiger partial charge in [-0.15, -0.1) is 0 Å². The molecule has 19 heavy (non-hydrogen) atoms. The summed E-state index contributed by atoms with van der Waals surface area (Å²) in [6.07, 6.45) is 0. The molecule has 2 rings (SSSR count). The quantitative estimate of drug-likeness (QED) is 0.788.